The molecule has 0 bridgehead atoms. The molecule has 1 saturated carbocycles. The van der Waals surface area contributed by atoms with Gasteiger partial charge in [-0.25, -0.2) is 0 Å². The third-order valence-corrected chi connectivity index (χ3v) is 5.45. The van der Waals surface area contributed by atoms with E-state index in [1.54, 1.807) is 18.2 Å². The summed E-state index contributed by atoms with van der Waals surface area (Å²) in [5.74, 6) is 1.23. The molecule has 0 heterocycles. The van der Waals surface area contributed by atoms with Crippen LogP contribution in [0.1, 0.15) is 12.8 Å². The maximum Gasteiger partial charge on any atom is 0.0760 e. The predicted molar refractivity (Wildman–Crippen MR) is 73.3 cm³/mol. The van der Waals surface area contributed by atoms with Crippen LogP contribution in [0.3, 0.4) is 0 Å². The van der Waals surface area contributed by atoms with Gasteiger partial charge in [0.1, 0.15) is 0 Å². The first-order chi connectivity index (χ1) is 8.13. The van der Waals surface area contributed by atoms with Crippen molar-refractivity contribution >= 4 is 34.0 Å². The van der Waals surface area contributed by atoms with Crippen molar-refractivity contribution in [2.24, 2.45) is 5.92 Å². The van der Waals surface area contributed by atoms with Crippen LogP contribution in [0.2, 0.25) is 10.0 Å². The van der Waals surface area contributed by atoms with Gasteiger partial charge in [-0.2, -0.15) is 0 Å². The second-order valence-electron chi connectivity index (χ2n) is 4.30. The van der Waals surface area contributed by atoms with Gasteiger partial charge in [0.15, 0.2) is 0 Å². The molecule has 1 aliphatic carbocycles. The van der Waals surface area contributed by atoms with Crippen LogP contribution in [-0.2, 0) is 10.8 Å². The average Bonchev–Trinajstić information content (AvgIpc) is 3.09. The lowest BCUT2D eigenvalue weighted by atomic mass is 10.2. The molecule has 2 atom stereocenters. The van der Waals surface area contributed by atoms with Crippen LogP contribution in [-0.4, -0.2) is 23.1 Å². The normalized spacial score (nSPS) is 19.0. The monoisotopic (exact) mass is 291 g/mol. The van der Waals surface area contributed by atoms with Crippen molar-refractivity contribution in [3.05, 3.63) is 28.2 Å². The van der Waals surface area contributed by atoms with Gasteiger partial charge < -0.3 is 5.32 Å². The van der Waals surface area contributed by atoms with Gasteiger partial charge in [-0.3, -0.25) is 4.21 Å². The van der Waals surface area contributed by atoms with Gasteiger partial charge in [0.25, 0.3) is 0 Å². The summed E-state index contributed by atoms with van der Waals surface area (Å²) in [5, 5.41) is 4.20. The van der Waals surface area contributed by atoms with E-state index in [-0.39, 0.29) is 0 Å². The molecule has 1 fully saturated rings. The predicted octanol–water partition coefficient (Wildman–Crippen LogP) is 3.10. The van der Waals surface area contributed by atoms with Crippen molar-refractivity contribution in [3.63, 3.8) is 0 Å². The lowest BCUT2D eigenvalue weighted by Crippen LogP contribution is -2.33. The highest BCUT2D eigenvalue weighted by atomic mass is 35.5. The molecule has 2 rings (SSSR count). The van der Waals surface area contributed by atoms with E-state index in [1.807, 2.05) is 7.05 Å². The van der Waals surface area contributed by atoms with Crippen LogP contribution in [0.5, 0.6) is 0 Å². The molecule has 1 aromatic carbocycles. The Morgan fingerprint density at radius 3 is 2.47 bits per heavy atom. The number of benzene rings is 1. The maximum absolute atomic E-state index is 12.3. The van der Waals surface area contributed by atoms with Crippen LogP contribution >= 0.6 is 23.2 Å². The largest absolute Gasteiger partial charge is 0.316 e. The summed E-state index contributed by atoms with van der Waals surface area (Å²) in [6, 6.07) is 5.52. The summed E-state index contributed by atoms with van der Waals surface area (Å²) < 4.78 is 12.3. The SMILES string of the molecule is CNC(CS(=O)c1c(Cl)cccc1Cl)C1CC1. The minimum absolute atomic E-state index is 0.295. The fourth-order valence-corrected chi connectivity index (χ4v) is 4.32. The molecule has 94 valence electrons. The van der Waals surface area contributed by atoms with Crippen molar-refractivity contribution in [1.29, 1.82) is 0 Å². The lowest BCUT2D eigenvalue weighted by molar-refractivity contribution is 0.546. The zero-order valence-electron chi connectivity index (χ0n) is 9.58. The van der Waals surface area contributed by atoms with E-state index in [0.29, 0.717) is 32.7 Å². The first-order valence-corrected chi connectivity index (χ1v) is 7.70. The van der Waals surface area contributed by atoms with Crippen LogP contribution < -0.4 is 5.32 Å². The Morgan fingerprint density at radius 2 is 2.00 bits per heavy atom. The second kappa shape index (κ2) is 5.70. The van der Waals surface area contributed by atoms with Crippen molar-refractivity contribution in [3.8, 4) is 0 Å². The lowest BCUT2D eigenvalue weighted by Gasteiger charge is -2.15. The average molecular weight is 292 g/mol. The van der Waals surface area contributed by atoms with Gasteiger partial charge in [0.05, 0.1) is 25.7 Å². The van der Waals surface area contributed by atoms with E-state index in [9.17, 15) is 4.21 Å². The fourth-order valence-electron chi connectivity index (χ4n) is 1.90. The molecule has 0 saturated heterocycles. The zero-order chi connectivity index (χ0) is 12.4. The smallest absolute Gasteiger partial charge is 0.0760 e. The first kappa shape index (κ1) is 13.3. The molecule has 5 heteroatoms. The maximum atomic E-state index is 12.3. The summed E-state index contributed by atoms with van der Waals surface area (Å²) in [6.45, 7) is 0. The van der Waals surface area contributed by atoms with E-state index < -0.39 is 10.8 Å². The summed E-state index contributed by atoms with van der Waals surface area (Å²) in [4.78, 5) is 0.566. The molecule has 1 aliphatic rings. The molecule has 1 N–H and O–H groups in total. The van der Waals surface area contributed by atoms with E-state index in [4.69, 9.17) is 23.2 Å². The summed E-state index contributed by atoms with van der Waals surface area (Å²) >= 11 is 12.1. The molecule has 0 spiro atoms. The number of nitrogens with one attached hydrogen (secondary N) is 1. The standard InChI is InChI=1S/C12H15Cl2NOS/c1-15-11(8-5-6-8)7-17(16)12-9(13)3-2-4-10(12)14/h2-4,8,11,15H,5-7H2,1H3. The minimum atomic E-state index is -1.14. The quantitative estimate of drug-likeness (QED) is 0.903. The Bertz CT molecular complexity index is 414. The van der Waals surface area contributed by atoms with Gasteiger partial charge in [-0.15, -0.1) is 0 Å². The molecule has 0 aliphatic heterocycles. The van der Waals surface area contributed by atoms with Crippen LogP contribution in [0, 0.1) is 5.92 Å². The minimum Gasteiger partial charge on any atom is -0.316 e. The zero-order valence-corrected chi connectivity index (χ0v) is 11.9. The van der Waals surface area contributed by atoms with Crippen LogP contribution in [0.25, 0.3) is 0 Å². The van der Waals surface area contributed by atoms with E-state index in [1.165, 1.54) is 12.8 Å². The van der Waals surface area contributed by atoms with E-state index in [0.717, 1.165) is 0 Å². The van der Waals surface area contributed by atoms with Gasteiger partial charge in [-0.05, 0) is 37.9 Å². The molecule has 0 amide bonds. The number of hydrogen-bond donors (Lipinski definition) is 1. The number of halogens is 2. The molecule has 2 nitrogen and oxygen atoms in total. The van der Waals surface area contributed by atoms with Crippen LogP contribution in [0.4, 0.5) is 0 Å². The first-order valence-electron chi connectivity index (χ1n) is 5.63. The third-order valence-electron chi connectivity index (χ3n) is 3.04. The number of rotatable bonds is 5. The highest BCUT2D eigenvalue weighted by molar-refractivity contribution is 7.85. The van der Waals surface area contributed by atoms with Crippen molar-refractivity contribution in [1.82, 2.24) is 5.32 Å². The van der Waals surface area contributed by atoms with E-state index >= 15 is 0 Å². The highest BCUT2D eigenvalue weighted by Crippen LogP contribution is 2.34. The topological polar surface area (TPSA) is 29.1 Å². The molecule has 2 unspecified atom stereocenters. The Labute approximate surface area is 114 Å². The molecular formula is C12H15Cl2NOS. The summed E-state index contributed by atoms with van der Waals surface area (Å²) in [6.07, 6.45) is 2.44. The highest BCUT2D eigenvalue weighted by Gasteiger charge is 2.32. The second-order valence-corrected chi connectivity index (χ2v) is 6.54. The Morgan fingerprint density at radius 1 is 1.41 bits per heavy atom. The Kier molecular flexibility index (Phi) is 4.47. The molecule has 17 heavy (non-hydrogen) atoms. The van der Waals surface area contributed by atoms with Crippen molar-refractivity contribution < 1.29 is 4.21 Å². The molecule has 1 aromatic rings. The summed E-state index contributed by atoms with van der Waals surface area (Å²) in [7, 11) is 0.768. The Balaban J connectivity index is 2.13. The van der Waals surface area contributed by atoms with Gasteiger partial charge in [0.2, 0.25) is 0 Å². The van der Waals surface area contributed by atoms with Gasteiger partial charge in [-0.1, -0.05) is 29.3 Å². The van der Waals surface area contributed by atoms with Crippen LogP contribution in [0.15, 0.2) is 23.1 Å². The Hall–Kier alpha value is -0.0900. The third kappa shape index (κ3) is 3.22. The molecule has 0 radical (unpaired) electrons. The van der Waals surface area contributed by atoms with Gasteiger partial charge in [0, 0.05) is 11.8 Å². The summed E-state index contributed by atoms with van der Waals surface area (Å²) in [5.41, 5.74) is 0. The fraction of sp³-hybridized carbons (Fsp3) is 0.500. The van der Waals surface area contributed by atoms with Gasteiger partial charge >= 0.3 is 0 Å². The molecule has 0 aromatic heterocycles. The van der Waals surface area contributed by atoms with Crippen molar-refractivity contribution in [2.75, 3.05) is 12.8 Å². The molecular weight excluding hydrogens is 277 g/mol. The number of hydrogen-bond acceptors (Lipinski definition) is 2. The van der Waals surface area contributed by atoms with Crippen molar-refractivity contribution in [2.45, 2.75) is 23.8 Å². The van der Waals surface area contributed by atoms with E-state index in [2.05, 4.69) is 5.32 Å².